The number of hydrogen-bond acceptors (Lipinski definition) is 6. The minimum atomic E-state index is -0.339. The number of benzene rings is 1. The van der Waals surface area contributed by atoms with Crippen LogP contribution < -0.4 is 5.32 Å². The Balaban J connectivity index is 1.40. The minimum absolute atomic E-state index is 0.0329. The molecule has 0 aliphatic heterocycles. The summed E-state index contributed by atoms with van der Waals surface area (Å²) in [6.45, 7) is 1.84. The molecule has 3 aromatic rings. The largest absolute Gasteiger partial charge is 0.459 e. The second kappa shape index (κ2) is 7.37. The second-order valence-corrected chi connectivity index (χ2v) is 7.55. The summed E-state index contributed by atoms with van der Waals surface area (Å²) in [6.07, 6.45) is 4.66. The van der Waals surface area contributed by atoms with Crippen LogP contribution >= 0.6 is 11.8 Å². The Hall–Kier alpha value is -2.54. The zero-order valence-corrected chi connectivity index (χ0v) is 15.2. The summed E-state index contributed by atoms with van der Waals surface area (Å²) >= 11 is 1.25. The van der Waals surface area contributed by atoms with Crippen LogP contribution in [0.2, 0.25) is 0 Å². The number of furan rings is 1. The van der Waals surface area contributed by atoms with Crippen LogP contribution in [0.1, 0.15) is 36.9 Å². The van der Waals surface area contributed by atoms with Gasteiger partial charge in [-0.15, -0.1) is 10.2 Å². The Morgan fingerprint density at radius 1 is 1.27 bits per heavy atom. The molecule has 2 heterocycles. The van der Waals surface area contributed by atoms with Gasteiger partial charge < -0.3 is 14.2 Å². The smallest absolute Gasteiger partial charge is 0.284 e. The summed E-state index contributed by atoms with van der Waals surface area (Å²) in [5.74, 6) is 0.793. The van der Waals surface area contributed by atoms with Gasteiger partial charge in [0.25, 0.3) is 11.1 Å². The third-order valence-corrected chi connectivity index (χ3v) is 5.41. The summed E-state index contributed by atoms with van der Waals surface area (Å²) in [7, 11) is 0. The molecule has 6 nitrogen and oxygen atoms in total. The Kier molecular flexibility index (Phi) is 4.79. The van der Waals surface area contributed by atoms with Crippen molar-refractivity contribution in [3.05, 3.63) is 53.8 Å². The molecule has 0 saturated heterocycles. The molecule has 1 amide bonds. The average Bonchev–Trinajstić information content (AvgIpc) is 3.33. The van der Waals surface area contributed by atoms with Crippen molar-refractivity contribution in [2.45, 2.75) is 42.7 Å². The molecule has 7 heteroatoms. The first-order chi connectivity index (χ1) is 12.7. The van der Waals surface area contributed by atoms with Gasteiger partial charge in [-0.2, -0.15) is 0 Å². The third kappa shape index (κ3) is 3.53. The molecular formula is C19H19N3O3S. The van der Waals surface area contributed by atoms with E-state index in [1.807, 2.05) is 19.1 Å². The van der Waals surface area contributed by atoms with E-state index < -0.39 is 0 Å². The Labute approximate surface area is 155 Å². The van der Waals surface area contributed by atoms with Gasteiger partial charge in [0, 0.05) is 0 Å². The van der Waals surface area contributed by atoms with Crippen LogP contribution in [0.5, 0.6) is 0 Å². The highest BCUT2D eigenvalue weighted by molar-refractivity contribution is 8.00. The van der Waals surface area contributed by atoms with E-state index >= 15 is 0 Å². The van der Waals surface area contributed by atoms with Gasteiger partial charge >= 0.3 is 0 Å². The van der Waals surface area contributed by atoms with Crippen molar-refractivity contribution in [1.82, 2.24) is 15.5 Å². The highest BCUT2D eigenvalue weighted by atomic mass is 32.2. The van der Waals surface area contributed by atoms with Gasteiger partial charge in [-0.25, -0.2) is 0 Å². The summed E-state index contributed by atoms with van der Waals surface area (Å²) in [5.41, 5.74) is 2.55. The molecule has 0 saturated carbocycles. The lowest BCUT2D eigenvalue weighted by atomic mass is 9.88. The van der Waals surface area contributed by atoms with Crippen LogP contribution in [0.4, 0.5) is 0 Å². The molecule has 1 aromatic carbocycles. The molecule has 2 aromatic heterocycles. The molecule has 134 valence electrons. The number of hydrogen-bond donors (Lipinski definition) is 1. The van der Waals surface area contributed by atoms with Crippen molar-refractivity contribution in [2.75, 3.05) is 0 Å². The lowest BCUT2D eigenvalue weighted by Gasteiger charge is -2.27. The van der Waals surface area contributed by atoms with Crippen LogP contribution in [-0.4, -0.2) is 21.4 Å². The maximum atomic E-state index is 12.6. The molecule has 0 unspecified atom stereocenters. The zero-order valence-electron chi connectivity index (χ0n) is 14.3. The average molecular weight is 369 g/mol. The number of aryl methyl sites for hydroxylation is 1. The van der Waals surface area contributed by atoms with E-state index in [2.05, 4.69) is 27.6 Å². The fourth-order valence-electron chi connectivity index (χ4n) is 3.15. The number of nitrogens with zero attached hydrogens (tertiary/aromatic N) is 2. The van der Waals surface area contributed by atoms with Crippen molar-refractivity contribution in [3.63, 3.8) is 0 Å². The summed E-state index contributed by atoms with van der Waals surface area (Å²) < 4.78 is 10.8. The van der Waals surface area contributed by atoms with Gasteiger partial charge in [-0.3, -0.25) is 4.79 Å². The van der Waals surface area contributed by atoms with E-state index in [1.54, 1.807) is 18.4 Å². The fourth-order valence-corrected chi connectivity index (χ4v) is 3.85. The van der Waals surface area contributed by atoms with E-state index in [9.17, 15) is 4.79 Å². The number of fused-ring (bicyclic) bond motifs is 1. The van der Waals surface area contributed by atoms with E-state index in [-0.39, 0.29) is 17.2 Å². The molecule has 26 heavy (non-hydrogen) atoms. The Morgan fingerprint density at radius 3 is 3.00 bits per heavy atom. The summed E-state index contributed by atoms with van der Waals surface area (Å²) in [5, 5.41) is 11.1. The number of thioether (sulfide) groups is 1. The predicted octanol–water partition coefficient (Wildman–Crippen LogP) is 4.00. The number of carbonyl (C=O) groups is 1. The molecule has 2 atom stereocenters. The quantitative estimate of drug-likeness (QED) is 0.685. The summed E-state index contributed by atoms with van der Waals surface area (Å²) in [6, 6.07) is 11.9. The van der Waals surface area contributed by atoms with E-state index in [0.717, 1.165) is 19.3 Å². The first-order valence-corrected chi connectivity index (χ1v) is 9.51. The van der Waals surface area contributed by atoms with E-state index in [4.69, 9.17) is 8.83 Å². The number of amides is 1. The molecule has 1 aliphatic carbocycles. The van der Waals surface area contributed by atoms with Crippen LogP contribution in [0.15, 0.2) is 56.7 Å². The molecule has 0 spiro atoms. The number of rotatable bonds is 5. The maximum Gasteiger partial charge on any atom is 0.284 e. The highest BCUT2D eigenvalue weighted by Gasteiger charge is 2.25. The topological polar surface area (TPSA) is 81.2 Å². The second-order valence-electron chi connectivity index (χ2n) is 6.26. The number of nitrogens with one attached hydrogen (secondary N) is 1. The van der Waals surface area contributed by atoms with Gasteiger partial charge in [0.2, 0.25) is 5.91 Å². The minimum Gasteiger partial charge on any atom is -0.459 e. The van der Waals surface area contributed by atoms with Crippen LogP contribution in [0, 0.1) is 0 Å². The van der Waals surface area contributed by atoms with Crippen molar-refractivity contribution < 1.29 is 13.6 Å². The highest BCUT2D eigenvalue weighted by Crippen LogP contribution is 2.31. The van der Waals surface area contributed by atoms with Gasteiger partial charge in [0.05, 0.1) is 17.6 Å². The first-order valence-electron chi connectivity index (χ1n) is 8.63. The monoisotopic (exact) mass is 369 g/mol. The van der Waals surface area contributed by atoms with Crippen LogP contribution in [0.3, 0.4) is 0 Å². The molecule has 4 rings (SSSR count). The Morgan fingerprint density at radius 2 is 2.15 bits per heavy atom. The molecule has 1 aliphatic rings. The van der Waals surface area contributed by atoms with Crippen molar-refractivity contribution in [2.24, 2.45) is 0 Å². The first kappa shape index (κ1) is 16.9. The lowest BCUT2D eigenvalue weighted by molar-refractivity contribution is -0.121. The maximum absolute atomic E-state index is 12.6. The number of aromatic nitrogens is 2. The van der Waals surface area contributed by atoms with Gasteiger partial charge in [0.15, 0.2) is 5.76 Å². The van der Waals surface area contributed by atoms with E-state index in [0.29, 0.717) is 16.9 Å². The Bertz CT molecular complexity index is 891. The predicted molar refractivity (Wildman–Crippen MR) is 97.6 cm³/mol. The lowest BCUT2D eigenvalue weighted by Crippen LogP contribution is -2.35. The molecule has 0 fully saturated rings. The van der Waals surface area contributed by atoms with Crippen molar-refractivity contribution >= 4 is 17.7 Å². The molecule has 1 N–H and O–H groups in total. The number of carbonyl (C=O) groups excluding carboxylic acids is 1. The normalized spacial score (nSPS) is 17.5. The van der Waals surface area contributed by atoms with E-state index in [1.165, 1.54) is 22.9 Å². The summed E-state index contributed by atoms with van der Waals surface area (Å²) in [4.78, 5) is 12.6. The molecular weight excluding hydrogens is 350 g/mol. The van der Waals surface area contributed by atoms with Crippen molar-refractivity contribution in [1.29, 1.82) is 0 Å². The fraction of sp³-hybridized carbons (Fsp3) is 0.316. The van der Waals surface area contributed by atoms with Crippen LogP contribution in [0.25, 0.3) is 11.7 Å². The van der Waals surface area contributed by atoms with Gasteiger partial charge in [-0.05, 0) is 49.4 Å². The zero-order chi connectivity index (χ0) is 17.9. The van der Waals surface area contributed by atoms with Gasteiger partial charge in [-0.1, -0.05) is 36.0 Å². The third-order valence-electron chi connectivity index (χ3n) is 4.47. The molecule has 0 radical (unpaired) electrons. The van der Waals surface area contributed by atoms with Gasteiger partial charge in [0.1, 0.15) is 0 Å². The van der Waals surface area contributed by atoms with Crippen LogP contribution in [-0.2, 0) is 11.2 Å². The standard InChI is InChI=1S/C19H19N3O3S/c1-12(26-19-22-21-18(25-19)16-10-5-11-24-16)17(23)20-15-9-4-7-13-6-2-3-8-14(13)15/h2-3,5-6,8,10-12,15H,4,7,9H2,1H3,(H,20,23)/t12-,15+/m0/s1. The van der Waals surface area contributed by atoms with Crippen molar-refractivity contribution in [3.8, 4) is 11.7 Å². The SMILES string of the molecule is C[C@H](Sc1nnc(-c2ccco2)o1)C(=O)N[C@@H]1CCCc2ccccc21. The molecule has 0 bridgehead atoms.